The molecule has 2 aromatic heterocycles. The van der Waals surface area contributed by atoms with Crippen molar-refractivity contribution in [2.45, 2.75) is 0 Å². The van der Waals surface area contributed by atoms with Gasteiger partial charge in [-0.2, -0.15) is 0 Å². The Morgan fingerprint density at radius 1 is 1.10 bits per heavy atom. The van der Waals surface area contributed by atoms with E-state index in [1.165, 1.54) is 5.39 Å². The average molecular weight is 356 g/mol. The Labute approximate surface area is 133 Å². The van der Waals surface area contributed by atoms with Crippen molar-refractivity contribution >= 4 is 59.1 Å². The molecule has 0 spiro atoms. The number of hydrogen-bond donors (Lipinski definition) is 1. The first-order chi connectivity index (χ1) is 10.3. The Hall–Kier alpha value is -1.98. The highest BCUT2D eigenvalue weighted by atomic mass is 79.9. The number of fused-ring (bicyclic) bond motifs is 2. The van der Waals surface area contributed by atoms with Crippen molar-refractivity contribution in [3.63, 3.8) is 0 Å². The zero-order valence-corrected chi connectivity index (χ0v) is 13.3. The van der Waals surface area contributed by atoms with Crippen molar-refractivity contribution in [3.8, 4) is 0 Å². The molecule has 5 heteroatoms. The largest absolute Gasteiger partial charge is 0.331 e. The van der Waals surface area contributed by atoms with Crippen LogP contribution in [0.3, 0.4) is 0 Å². The average Bonchev–Trinajstić information content (AvgIpc) is 2.89. The molecule has 0 aliphatic heterocycles. The highest BCUT2D eigenvalue weighted by Gasteiger charge is 2.06. The first-order valence-electron chi connectivity index (χ1n) is 6.45. The van der Waals surface area contributed by atoms with Crippen LogP contribution in [0, 0.1) is 0 Å². The van der Waals surface area contributed by atoms with E-state index in [0.29, 0.717) is 0 Å². The van der Waals surface area contributed by atoms with Crippen LogP contribution < -0.4 is 5.32 Å². The van der Waals surface area contributed by atoms with E-state index in [1.54, 1.807) is 17.5 Å². The summed E-state index contributed by atoms with van der Waals surface area (Å²) in [6.07, 6.45) is 3.68. The molecule has 0 radical (unpaired) electrons. The monoisotopic (exact) mass is 355 g/mol. The van der Waals surface area contributed by atoms with Crippen LogP contribution in [0.2, 0.25) is 0 Å². The number of hydrogen-bond acceptors (Lipinski definition) is 4. The molecule has 0 unspecified atom stereocenters. The third kappa shape index (κ3) is 2.39. The van der Waals surface area contributed by atoms with Gasteiger partial charge in [0, 0.05) is 27.9 Å². The van der Waals surface area contributed by atoms with Gasteiger partial charge in [0.1, 0.15) is 0 Å². The summed E-state index contributed by atoms with van der Waals surface area (Å²) in [4.78, 5) is 8.83. The SMILES string of the molecule is Brc1ccc2nc(Nc3cccc4ccncc34)sc2c1. The summed E-state index contributed by atoms with van der Waals surface area (Å²) in [5, 5.41) is 6.56. The summed E-state index contributed by atoms with van der Waals surface area (Å²) in [5.74, 6) is 0. The Bertz CT molecular complexity index is 943. The molecule has 0 aliphatic carbocycles. The molecule has 0 atom stereocenters. The lowest BCUT2D eigenvalue weighted by atomic mass is 10.1. The lowest BCUT2D eigenvalue weighted by Crippen LogP contribution is -1.90. The van der Waals surface area contributed by atoms with Gasteiger partial charge in [-0.25, -0.2) is 4.98 Å². The van der Waals surface area contributed by atoms with Gasteiger partial charge in [-0.15, -0.1) is 0 Å². The van der Waals surface area contributed by atoms with E-state index in [4.69, 9.17) is 0 Å². The molecular weight excluding hydrogens is 346 g/mol. The quantitative estimate of drug-likeness (QED) is 0.526. The summed E-state index contributed by atoms with van der Waals surface area (Å²) in [6, 6.07) is 14.3. The lowest BCUT2D eigenvalue weighted by Gasteiger charge is -2.06. The fourth-order valence-electron chi connectivity index (χ4n) is 2.29. The molecule has 0 aliphatic rings. The predicted molar refractivity (Wildman–Crippen MR) is 92.3 cm³/mol. The molecule has 4 rings (SSSR count). The topological polar surface area (TPSA) is 37.8 Å². The fourth-order valence-corrected chi connectivity index (χ4v) is 3.72. The molecule has 21 heavy (non-hydrogen) atoms. The van der Waals surface area contributed by atoms with E-state index in [-0.39, 0.29) is 0 Å². The summed E-state index contributed by atoms with van der Waals surface area (Å²) in [7, 11) is 0. The Kier molecular flexibility index (Phi) is 3.09. The van der Waals surface area contributed by atoms with E-state index in [0.717, 1.165) is 30.9 Å². The van der Waals surface area contributed by atoms with Gasteiger partial charge in [0.15, 0.2) is 5.13 Å². The Balaban J connectivity index is 1.79. The van der Waals surface area contributed by atoms with Gasteiger partial charge in [0.2, 0.25) is 0 Å². The van der Waals surface area contributed by atoms with Crippen LogP contribution in [0.4, 0.5) is 10.8 Å². The maximum Gasteiger partial charge on any atom is 0.188 e. The Morgan fingerprint density at radius 3 is 3.00 bits per heavy atom. The molecule has 2 heterocycles. The maximum absolute atomic E-state index is 4.62. The number of nitrogens with zero attached hydrogens (tertiary/aromatic N) is 2. The van der Waals surface area contributed by atoms with Crippen LogP contribution in [0.5, 0.6) is 0 Å². The zero-order chi connectivity index (χ0) is 14.2. The number of nitrogens with one attached hydrogen (secondary N) is 1. The highest BCUT2D eigenvalue weighted by molar-refractivity contribution is 9.10. The summed E-state index contributed by atoms with van der Waals surface area (Å²) >= 11 is 5.13. The van der Waals surface area contributed by atoms with E-state index in [2.05, 4.69) is 43.3 Å². The third-order valence-corrected chi connectivity index (χ3v) is 4.70. The third-order valence-electron chi connectivity index (χ3n) is 3.28. The number of aromatic nitrogens is 2. The van der Waals surface area contributed by atoms with Crippen molar-refractivity contribution < 1.29 is 0 Å². The molecule has 102 valence electrons. The molecule has 0 saturated carbocycles. The molecule has 0 fully saturated rings. The van der Waals surface area contributed by atoms with Crippen molar-refractivity contribution in [1.82, 2.24) is 9.97 Å². The first-order valence-corrected chi connectivity index (χ1v) is 8.06. The zero-order valence-electron chi connectivity index (χ0n) is 10.9. The summed E-state index contributed by atoms with van der Waals surface area (Å²) in [6.45, 7) is 0. The molecule has 0 bridgehead atoms. The molecule has 3 nitrogen and oxygen atoms in total. The van der Waals surface area contributed by atoms with Crippen LogP contribution in [0.15, 0.2) is 59.3 Å². The molecule has 0 amide bonds. The summed E-state index contributed by atoms with van der Waals surface area (Å²) in [5.41, 5.74) is 2.03. The van der Waals surface area contributed by atoms with E-state index >= 15 is 0 Å². The number of benzene rings is 2. The van der Waals surface area contributed by atoms with Crippen LogP contribution in [-0.2, 0) is 0 Å². The van der Waals surface area contributed by atoms with Gasteiger partial charge in [0.05, 0.1) is 10.2 Å². The molecule has 0 saturated heterocycles. The van der Waals surface area contributed by atoms with Crippen LogP contribution >= 0.6 is 27.3 Å². The number of rotatable bonds is 2. The lowest BCUT2D eigenvalue weighted by molar-refractivity contribution is 1.36. The van der Waals surface area contributed by atoms with Gasteiger partial charge in [-0.3, -0.25) is 4.98 Å². The predicted octanol–water partition coefficient (Wildman–Crippen LogP) is 5.35. The van der Waals surface area contributed by atoms with E-state index < -0.39 is 0 Å². The minimum absolute atomic E-state index is 0.888. The normalized spacial score (nSPS) is 11.1. The van der Waals surface area contributed by atoms with Crippen molar-refractivity contribution in [2.24, 2.45) is 0 Å². The molecule has 4 aromatic rings. The molecule has 1 N–H and O–H groups in total. The molecular formula is C16H10BrN3S. The van der Waals surface area contributed by atoms with Crippen LogP contribution in [-0.4, -0.2) is 9.97 Å². The number of thiazole rings is 1. The number of anilines is 2. The van der Waals surface area contributed by atoms with Gasteiger partial charge in [-0.1, -0.05) is 39.4 Å². The van der Waals surface area contributed by atoms with Crippen LogP contribution in [0.25, 0.3) is 21.0 Å². The second-order valence-electron chi connectivity index (χ2n) is 4.66. The van der Waals surface area contributed by atoms with Gasteiger partial charge in [0.25, 0.3) is 0 Å². The smallest absolute Gasteiger partial charge is 0.188 e. The van der Waals surface area contributed by atoms with Gasteiger partial charge >= 0.3 is 0 Å². The highest BCUT2D eigenvalue weighted by Crippen LogP contribution is 2.32. The molecule has 2 aromatic carbocycles. The van der Waals surface area contributed by atoms with Gasteiger partial charge in [-0.05, 0) is 35.7 Å². The van der Waals surface area contributed by atoms with Gasteiger partial charge < -0.3 is 5.32 Å². The standard InChI is InChI=1S/C16H10BrN3S/c17-11-4-5-14-15(8-11)21-16(20-14)19-13-3-1-2-10-6-7-18-9-12(10)13/h1-9H,(H,19,20). The number of halogens is 1. The number of pyridine rings is 1. The maximum atomic E-state index is 4.62. The van der Waals surface area contributed by atoms with Crippen molar-refractivity contribution in [1.29, 1.82) is 0 Å². The minimum atomic E-state index is 0.888. The first kappa shape index (κ1) is 12.7. The minimum Gasteiger partial charge on any atom is -0.331 e. The van der Waals surface area contributed by atoms with Crippen molar-refractivity contribution in [2.75, 3.05) is 5.32 Å². The fraction of sp³-hybridized carbons (Fsp3) is 0. The van der Waals surface area contributed by atoms with E-state index in [1.807, 2.05) is 36.5 Å². The second-order valence-corrected chi connectivity index (χ2v) is 6.60. The summed E-state index contributed by atoms with van der Waals surface area (Å²) < 4.78 is 2.23. The van der Waals surface area contributed by atoms with E-state index in [9.17, 15) is 0 Å². The van der Waals surface area contributed by atoms with Crippen LogP contribution in [0.1, 0.15) is 0 Å². The van der Waals surface area contributed by atoms with Crippen molar-refractivity contribution in [3.05, 3.63) is 59.3 Å². The second kappa shape index (κ2) is 5.09. The Morgan fingerprint density at radius 2 is 2.05 bits per heavy atom.